The van der Waals surface area contributed by atoms with E-state index in [4.69, 9.17) is 9.15 Å². The first-order valence-corrected chi connectivity index (χ1v) is 19.1. The van der Waals surface area contributed by atoms with Gasteiger partial charge in [0.15, 0.2) is 0 Å². The van der Waals surface area contributed by atoms with E-state index < -0.39 is 33.5 Å². The van der Waals surface area contributed by atoms with Crippen molar-refractivity contribution in [2.75, 3.05) is 82.9 Å². The van der Waals surface area contributed by atoms with Crippen LogP contribution in [-0.2, 0) is 27.9 Å². The van der Waals surface area contributed by atoms with Gasteiger partial charge in [-0.15, -0.1) is 0 Å². The number of ether oxygens (including phenoxy) is 1. The molecule has 2 unspecified atom stereocenters. The molecule has 0 radical (unpaired) electrons. The first-order valence-electron chi connectivity index (χ1n) is 17.7. The number of likely N-dealkylation sites (N-methyl/N-ethyl adjacent to an activating group) is 1. The fourth-order valence-corrected chi connectivity index (χ4v) is 9.44. The minimum atomic E-state index is -4.09. The molecule has 0 bridgehead atoms. The number of hydrogen-bond donors (Lipinski definition) is 1. The smallest absolute Gasteiger partial charge is 0.341 e. The standard InChI is InChI=1S/C36H43FN6O7S/c1-21-31(41-12-11-39(2)24(18-41)20-49-3)6-5-26-25-7-10-42(19-29(25)36(46)50-33(21)26)35(45)27-15-32(40-8-4-9-40)28(14-30(27)37)34(44)38-51(47,48)43-16-22-13-23(22)17-43/h5-6,14-15,22-24H,4,7-13,16-20H2,1-3H3,(H,38,44)/t22?,23?,24-/m1/s1. The van der Waals surface area contributed by atoms with Crippen LogP contribution in [0.4, 0.5) is 15.8 Å². The van der Waals surface area contributed by atoms with Gasteiger partial charge in [-0.1, -0.05) is 0 Å². The Kier molecular flexibility index (Phi) is 8.59. The van der Waals surface area contributed by atoms with Crippen LogP contribution in [0.1, 0.15) is 50.2 Å². The summed E-state index contributed by atoms with van der Waals surface area (Å²) in [7, 11) is -0.301. The Morgan fingerprint density at radius 1 is 0.980 bits per heavy atom. The normalized spacial score (nSPS) is 23.6. The van der Waals surface area contributed by atoms with E-state index >= 15 is 4.39 Å². The highest BCUT2D eigenvalue weighted by molar-refractivity contribution is 7.87. The Bertz CT molecular complexity index is 2090. The molecule has 51 heavy (non-hydrogen) atoms. The van der Waals surface area contributed by atoms with Crippen molar-refractivity contribution >= 4 is 44.4 Å². The van der Waals surface area contributed by atoms with Gasteiger partial charge in [-0.25, -0.2) is 13.9 Å². The summed E-state index contributed by atoms with van der Waals surface area (Å²) in [5.41, 5.74) is 2.96. The molecule has 4 fully saturated rings. The molecule has 5 heterocycles. The van der Waals surface area contributed by atoms with E-state index in [2.05, 4.69) is 27.6 Å². The van der Waals surface area contributed by atoms with E-state index in [-0.39, 0.29) is 30.3 Å². The summed E-state index contributed by atoms with van der Waals surface area (Å²) in [4.78, 5) is 48.5. The van der Waals surface area contributed by atoms with E-state index in [1.165, 1.54) is 15.3 Å². The number of halogens is 1. The van der Waals surface area contributed by atoms with Crippen molar-refractivity contribution in [2.45, 2.75) is 38.8 Å². The van der Waals surface area contributed by atoms with E-state index in [0.717, 1.165) is 60.7 Å². The first kappa shape index (κ1) is 34.1. The Hall–Kier alpha value is -4.05. The van der Waals surface area contributed by atoms with Gasteiger partial charge >= 0.3 is 15.8 Å². The molecular formula is C36H43FN6O7S. The van der Waals surface area contributed by atoms with Crippen LogP contribution in [0.2, 0.25) is 0 Å². The zero-order chi connectivity index (χ0) is 35.8. The molecule has 3 atom stereocenters. The topological polar surface area (TPSA) is 136 Å². The number of amides is 2. The number of aryl methyl sites for hydroxylation is 1. The van der Waals surface area contributed by atoms with Gasteiger partial charge in [-0.3, -0.25) is 14.5 Å². The van der Waals surface area contributed by atoms with Gasteiger partial charge in [0.25, 0.3) is 11.8 Å². The molecule has 1 aromatic heterocycles. The molecule has 2 aromatic carbocycles. The van der Waals surface area contributed by atoms with E-state index in [0.29, 0.717) is 67.9 Å². The molecule has 0 spiro atoms. The molecule has 3 aromatic rings. The zero-order valence-corrected chi connectivity index (χ0v) is 29.9. The molecule has 5 aliphatic rings. The van der Waals surface area contributed by atoms with Crippen LogP contribution >= 0.6 is 0 Å². The highest BCUT2D eigenvalue weighted by atomic mass is 32.2. The van der Waals surface area contributed by atoms with Crippen molar-refractivity contribution in [2.24, 2.45) is 11.8 Å². The highest BCUT2D eigenvalue weighted by Gasteiger charge is 2.49. The second kappa shape index (κ2) is 12.9. The number of nitrogens with zero attached hydrogens (tertiary/aromatic N) is 5. The van der Waals surface area contributed by atoms with Gasteiger partial charge in [0, 0.05) is 76.1 Å². The number of nitrogens with one attached hydrogen (secondary N) is 1. The molecule has 13 nitrogen and oxygen atoms in total. The fraction of sp³-hybridized carbons (Fsp3) is 0.528. The van der Waals surface area contributed by atoms with Crippen LogP contribution in [0, 0.1) is 24.6 Å². The molecule has 3 saturated heterocycles. The van der Waals surface area contributed by atoms with Crippen molar-refractivity contribution in [3.63, 3.8) is 0 Å². The van der Waals surface area contributed by atoms with Gasteiger partial charge in [0.05, 0.1) is 41.6 Å². The number of rotatable bonds is 8. The average Bonchev–Trinajstić information content (AvgIpc) is 3.69. The zero-order valence-electron chi connectivity index (χ0n) is 29.1. The summed E-state index contributed by atoms with van der Waals surface area (Å²) >= 11 is 0. The number of fused-ring (bicyclic) bond motifs is 4. The van der Waals surface area contributed by atoms with Gasteiger partial charge in [-0.05, 0) is 74.9 Å². The van der Waals surface area contributed by atoms with E-state index in [1.54, 1.807) is 7.11 Å². The predicted molar refractivity (Wildman–Crippen MR) is 189 cm³/mol. The summed E-state index contributed by atoms with van der Waals surface area (Å²) in [5.74, 6) is -1.83. The number of methoxy groups -OCH3 is 1. The minimum absolute atomic E-state index is 0.0544. The van der Waals surface area contributed by atoms with Crippen molar-refractivity contribution in [3.8, 4) is 0 Å². The Morgan fingerprint density at radius 2 is 1.75 bits per heavy atom. The molecule has 1 N–H and O–H groups in total. The highest BCUT2D eigenvalue weighted by Crippen LogP contribution is 2.45. The second-order valence-electron chi connectivity index (χ2n) is 14.6. The maximum atomic E-state index is 15.8. The molecule has 1 aliphatic carbocycles. The van der Waals surface area contributed by atoms with Gasteiger partial charge < -0.3 is 23.9 Å². The van der Waals surface area contributed by atoms with Crippen molar-refractivity contribution in [3.05, 3.63) is 68.3 Å². The molecule has 15 heteroatoms. The number of benzene rings is 2. The van der Waals surface area contributed by atoms with Crippen LogP contribution in [0.3, 0.4) is 0 Å². The lowest BCUT2D eigenvalue weighted by atomic mass is 9.94. The third-order valence-corrected chi connectivity index (χ3v) is 12.9. The van der Waals surface area contributed by atoms with Crippen LogP contribution in [0.25, 0.3) is 11.0 Å². The maximum absolute atomic E-state index is 15.8. The second-order valence-corrected chi connectivity index (χ2v) is 16.3. The summed E-state index contributed by atoms with van der Waals surface area (Å²) in [6, 6.07) is 6.57. The van der Waals surface area contributed by atoms with Crippen LogP contribution in [0.15, 0.2) is 33.5 Å². The fourth-order valence-electron chi connectivity index (χ4n) is 8.19. The van der Waals surface area contributed by atoms with E-state index in [1.807, 2.05) is 17.9 Å². The largest absolute Gasteiger partial charge is 0.422 e. The van der Waals surface area contributed by atoms with Crippen LogP contribution in [-0.4, -0.2) is 114 Å². The summed E-state index contributed by atoms with van der Waals surface area (Å²) in [6.07, 6.45) is 2.22. The monoisotopic (exact) mass is 722 g/mol. The Labute approximate surface area is 296 Å². The number of piperidine rings is 1. The summed E-state index contributed by atoms with van der Waals surface area (Å²) in [6.45, 7) is 7.15. The maximum Gasteiger partial charge on any atom is 0.341 e. The Morgan fingerprint density at radius 3 is 2.45 bits per heavy atom. The molecule has 8 rings (SSSR count). The molecular weight excluding hydrogens is 679 g/mol. The van der Waals surface area contributed by atoms with E-state index in [9.17, 15) is 22.8 Å². The van der Waals surface area contributed by atoms with Crippen molar-refractivity contribution < 1.29 is 31.6 Å². The number of hydrogen-bond acceptors (Lipinski definition) is 10. The minimum Gasteiger partial charge on any atom is -0.422 e. The average molecular weight is 723 g/mol. The summed E-state index contributed by atoms with van der Waals surface area (Å²) in [5, 5.41) is 0.822. The molecule has 4 aliphatic heterocycles. The number of carbonyl (C=O) groups excluding carboxylic acids is 2. The molecule has 2 amide bonds. The van der Waals surface area contributed by atoms with Gasteiger partial charge in [-0.2, -0.15) is 12.7 Å². The molecule has 272 valence electrons. The SMILES string of the molecule is COC[C@H]1CN(c2ccc3c4c(c(=O)oc3c2C)CN(C(=O)c2cc(N3CCC3)c(C(=O)NS(=O)(=O)N3CC5CC5C3)cc2F)CC4)CCN1C. The number of carbonyl (C=O) groups is 2. The predicted octanol–water partition coefficient (Wildman–Crippen LogP) is 2.34. The van der Waals surface area contributed by atoms with Gasteiger partial charge in [0.2, 0.25) is 0 Å². The number of piperazine rings is 1. The lowest BCUT2D eigenvalue weighted by molar-refractivity contribution is 0.0727. The lowest BCUT2D eigenvalue weighted by Crippen LogP contribution is -2.53. The van der Waals surface area contributed by atoms with Crippen molar-refractivity contribution in [1.82, 2.24) is 18.8 Å². The Balaban J connectivity index is 1.04. The summed E-state index contributed by atoms with van der Waals surface area (Å²) < 4.78 is 56.5. The quantitative estimate of drug-likeness (QED) is 0.346. The lowest BCUT2D eigenvalue weighted by Gasteiger charge is -2.41. The third-order valence-electron chi connectivity index (χ3n) is 11.5. The third kappa shape index (κ3) is 6.07. The molecule has 1 saturated carbocycles. The van der Waals surface area contributed by atoms with Crippen LogP contribution < -0.4 is 20.1 Å². The number of anilines is 2. The first-order chi connectivity index (χ1) is 24.4. The van der Waals surface area contributed by atoms with Gasteiger partial charge in [0.1, 0.15) is 11.4 Å². The van der Waals surface area contributed by atoms with Crippen molar-refractivity contribution in [1.29, 1.82) is 0 Å². The van der Waals surface area contributed by atoms with Crippen LogP contribution in [0.5, 0.6) is 0 Å².